The summed E-state index contributed by atoms with van der Waals surface area (Å²) in [5, 5.41) is 14.1. The standard InChI is InChI=1S/C31H32ClF3N2O4/c1-17-24-22(11-9-21(32)26(24)25-20(28(36)38)8-10-23(27(25)33)40-29(34)35)41-31(17,18-6-4-3-5-7-18)16-37-19-12-14-30(2,39)15-13-19/h3-11,17,19,29,37,39H,12-16H2,1-2H3,(H2,36,38)/t17-,19?,30?,31-/m0/s1. The number of primary amides is 1. The van der Waals surface area contributed by atoms with Crippen molar-refractivity contribution < 1.29 is 32.5 Å². The van der Waals surface area contributed by atoms with Gasteiger partial charge in [-0.25, -0.2) is 4.39 Å². The van der Waals surface area contributed by atoms with Gasteiger partial charge in [0.05, 0.1) is 11.2 Å². The number of ether oxygens (including phenoxy) is 2. The number of carbonyl (C=O) groups excluding carboxylic acids is 1. The van der Waals surface area contributed by atoms with Crippen LogP contribution in [0.1, 0.15) is 66.9 Å². The summed E-state index contributed by atoms with van der Waals surface area (Å²) < 4.78 is 53.2. The number of carbonyl (C=O) groups is 1. The van der Waals surface area contributed by atoms with Crippen LogP contribution in [0.3, 0.4) is 0 Å². The number of nitrogens with one attached hydrogen (secondary N) is 1. The second-order valence-corrected chi connectivity index (χ2v) is 11.5. The molecule has 2 aliphatic rings. The van der Waals surface area contributed by atoms with Gasteiger partial charge < -0.3 is 25.6 Å². The van der Waals surface area contributed by atoms with E-state index in [0.717, 1.165) is 30.5 Å². The Kier molecular flexibility index (Phi) is 7.98. The van der Waals surface area contributed by atoms with Crippen molar-refractivity contribution in [2.45, 2.75) is 69.3 Å². The van der Waals surface area contributed by atoms with E-state index in [4.69, 9.17) is 22.1 Å². The second-order valence-electron chi connectivity index (χ2n) is 11.1. The summed E-state index contributed by atoms with van der Waals surface area (Å²) >= 11 is 6.68. The molecule has 0 saturated heterocycles. The second kappa shape index (κ2) is 11.2. The highest BCUT2D eigenvalue weighted by molar-refractivity contribution is 6.34. The van der Waals surface area contributed by atoms with E-state index in [2.05, 4.69) is 10.1 Å². The van der Waals surface area contributed by atoms with Crippen molar-refractivity contribution in [3.63, 3.8) is 0 Å². The minimum Gasteiger partial charge on any atom is -0.480 e. The molecule has 1 heterocycles. The third-order valence-electron chi connectivity index (χ3n) is 8.40. The van der Waals surface area contributed by atoms with Gasteiger partial charge in [-0.1, -0.05) is 48.9 Å². The van der Waals surface area contributed by atoms with Gasteiger partial charge in [0.1, 0.15) is 5.75 Å². The van der Waals surface area contributed by atoms with Crippen LogP contribution in [0.4, 0.5) is 13.2 Å². The topological polar surface area (TPSA) is 93.8 Å². The van der Waals surface area contributed by atoms with Crippen LogP contribution < -0.4 is 20.5 Å². The van der Waals surface area contributed by atoms with E-state index in [-0.39, 0.29) is 27.8 Å². The van der Waals surface area contributed by atoms with Crippen LogP contribution >= 0.6 is 11.6 Å². The summed E-state index contributed by atoms with van der Waals surface area (Å²) in [5.74, 6) is -2.87. The molecular formula is C31H32ClF3N2O4. The SMILES string of the molecule is C[C@H]1c2c(ccc(Cl)c2-c2c(C(N)=O)ccc(OC(F)F)c2F)O[C@]1(CNC1CCC(C)(O)CC1)c1ccccc1. The molecule has 1 aliphatic heterocycles. The highest BCUT2D eigenvalue weighted by Gasteiger charge is 2.49. The number of nitrogens with two attached hydrogens (primary N) is 1. The number of fused-ring (bicyclic) bond motifs is 1. The maximum atomic E-state index is 15.9. The number of alkyl halides is 2. The van der Waals surface area contributed by atoms with Crippen LogP contribution in [0.5, 0.6) is 11.5 Å². The van der Waals surface area contributed by atoms with Gasteiger partial charge in [0, 0.05) is 40.2 Å². The van der Waals surface area contributed by atoms with Gasteiger partial charge >= 0.3 is 6.61 Å². The van der Waals surface area contributed by atoms with Crippen LogP contribution in [0.2, 0.25) is 5.02 Å². The summed E-state index contributed by atoms with van der Waals surface area (Å²) in [6, 6.07) is 15.0. The molecule has 1 amide bonds. The lowest BCUT2D eigenvalue weighted by atomic mass is 9.77. The molecule has 5 rings (SSSR count). The van der Waals surface area contributed by atoms with Crippen LogP contribution in [-0.4, -0.2) is 35.8 Å². The largest absolute Gasteiger partial charge is 0.480 e. The van der Waals surface area contributed by atoms with Gasteiger partial charge in [0.25, 0.3) is 0 Å². The van der Waals surface area contributed by atoms with Gasteiger partial charge in [-0.2, -0.15) is 8.78 Å². The maximum absolute atomic E-state index is 15.9. The van der Waals surface area contributed by atoms with Crippen LogP contribution in [0.15, 0.2) is 54.6 Å². The molecule has 2 atom stereocenters. The zero-order valence-electron chi connectivity index (χ0n) is 22.7. The molecule has 3 aromatic carbocycles. The maximum Gasteiger partial charge on any atom is 0.387 e. The van der Waals surface area contributed by atoms with Crippen LogP contribution in [0.25, 0.3) is 11.1 Å². The molecule has 41 heavy (non-hydrogen) atoms. The Morgan fingerprint density at radius 1 is 1.15 bits per heavy atom. The van der Waals surface area contributed by atoms with Crippen LogP contribution in [-0.2, 0) is 5.60 Å². The first-order chi connectivity index (χ1) is 19.4. The average Bonchev–Trinajstić information content (AvgIpc) is 3.22. The fourth-order valence-corrected chi connectivity index (χ4v) is 6.38. The molecule has 10 heteroatoms. The van der Waals surface area contributed by atoms with E-state index in [1.54, 1.807) is 6.07 Å². The van der Waals surface area contributed by atoms with Crippen molar-refractivity contribution in [2.24, 2.45) is 5.73 Å². The number of hydrogen-bond acceptors (Lipinski definition) is 5. The molecule has 6 nitrogen and oxygen atoms in total. The van der Waals surface area contributed by atoms with Crippen molar-refractivity contribution in [2.75, 3.05) is 6.54 Å². The van der Waals surface area contributed by atoms with E-state index in [0.29, 0.717) is 30.7 Å². The lowest BCUT2D eigenvalue weighted by molar-refractivity contribution is -0.0521. The Balaban J connectivity index is 1.62. The molecule has 4 N–H and O–H groups in total. The minimum absolute atomic E-state index is 0.0983. The van der Waals surface area contributed by atoms with E-state index >= 15 is 4.39 Å². The highest BCUT2D eigenvalue weighted by Crippen LogP contribution is 2.56. The van der Waals surface area contributed by atoms with Gasteiger partial charge in [-0.05, 0) is 62.4 Å². The zero-order valence-corrected chi connectivity index (χ0v) is 23.5. The number of halogens is 4. The highest BCUT2D eigenvalue weighted by atomic mass is 35.5. The monoisotopic (exact) mass is 588 g/mol. The summed E-state index contributed by atoms with van der Waals surface area (Å²) in [6.07, 6.45) is 2.93. The van der Waals surface area contributed by atoms with Crippen molar-refractivity contribution >= 4 is 17.5 Å². The fraction of sp³-hybridized carbons (Fsp3) is 0.387. The van der Waals surface area contributed by atoms with Gasteiger partial charge in [0.15, 0.2) is 17.2 Å². The minimum atomic E-state index is -3.28. The van der Waals surface area contributed by atoms with Gasteiger partial charge in [-0.3, -0.25) is 4.79 Å². The van der Waals surface area contributed by atoms with Crippen molar-refractivity contribution in [1.82, 2.24) is 5.32 Å². The first kappa shape index (κ1) is 29.2. The Morgan fingerprint density at radius 2 is 1.83 bits per heavy atom. The molecule has 0 unspecified atom stereocenters. The zero-order chi connectivity index (χ0) is 29.5. The molecular weight excluding hydrogens is 557 g/mol. The number of benzene rings is 3. The third kappa shape index (κ3) is 5.50. The first-order valence-corrected chi connectivity index (χ1v) is 13.9. The van der Waals surface area contributed by atoms with E-state index < -0.39 is 41.2 Å². The Morgan fingerprint density at radius 3 is 2.46 bits per heavy atom. The van der Waals surface area contributed by atoms with Gasteiger partial charge in [-0.15, -0.1) is 0 Å². The molecule has 0 aromatic heterocycles. The van der Waals surface area contributed by atoms with Crippen molar-refractivity contribution in [3.8, 4) is 22.6 Å². The Hall–Kier alpha value is -3.27. The number of amides is 1. The summed E-state index contributed by atoms with van der Waals surface area (Å²) in [7, 11) is 0. The molecule has 3 aromatic rings. The lowest BCUT2D eigenvalue weighted by Crippen LogP contribution is -2.49. The quantitative estimate of drug-likeness (QED) is 0.278. The van der Waals surface area contributed by atoms with E-state index in [1.165, 1.54) is 6.07 Å². The normalized spacial score (nSPS) is 25.6. The molecule has 0 spiro atoms. The van der Waals surface area contributed by atoms with E-state index in [1.807, 2.05) is 44.2 Å². The molecule has 1 fully saturated rings. The Bertz CT molecular complexity index is 1440. The number of rotatable bonds is 8. The van der Waals surface area contributed by atoms with Crippen LogP contribution in [0, 0.1) is 5.82 Å². The lowest BCUT2D eigenvalue weighted by Gasteiger charge is -2.38. The number of aliphatic hydroxyl groups is 1. The predicted molar refractivity (Wildman–Crippen MR) is 150 cm³/mol. The molecule has 0 bridgehead atoms. The molecule has 218 valence electrons. The predicted octanol–water partition coefficient (Wildman–Crippen LogP) is 6.52. The first-order valence-electron chi connectivity index (χ1n) is 13.5. The summed E-state index contributed by atoms with van der Waals surface area (Å²) in [6.45, 7) is 0.875. The molecule has 1 aliphatic carbocycles. The third-order valence-corrected chi connectivity index (χ3v) is 8.71. The fourth-order valence-electron chi connectivity index (χ4n) is 6.12. The van der Waals surface area contributed by atoms with Crippen molar-refractivity contribution in [3.05, 3.63) is 82.1 Å². The molecule has 0 radical (unpaired) electrons. The summed E-state index contributed by atoms with van der Waals surface area (Å²) in [4.78, 5) is 12.4. The Labute approximate surface area is 241 Å². The number of hydrogen-bond donors (Lipinski definition) is 3. The summed E-state index contributed by atoms with van der Waals surface area (Å²) in [5.41, 5.74) is 4.94. The average molecular weight is 589 g/mol. The smallest absolute Gasteiger partial charge is 0.387 e. The van der Waals surface area contributed by atoms with E-state index in [9.17, 15) is 18.7 Å². The van der Waals surface area contributed by atoms with Crippen molar-refractivity contribution in [1.29, 1.82) is 0 Å². The van der Waals surface area contributed by atoms with Gasteiger partial charge in [0.2, 0.25) is 5.91 Å². The molecule has 1 saturated carbocycles.